The molecule has 2 aliphatic heterocycles. The molecule has 0 bridgehead atoms. The zero-order valence-corrected chi connectivity index (χ0v) is 24.6. The van der Waals surface area contributed by atoms with Crippen LogP contribution in [0.5, 0.6) is 0 Å². The number of hydrogen-bond donors (Lipinski definition) is 2. The Morgan fingerprint density at radius 2 is 1.97 bits per heavy atom. The standard InChI is InChI=1S/C25H39N3O5S2Si/c1-7-34-35-17-31-19-15-21(33-20(19)16-32-36(5,6)24(2,3)4)28-14-13-25(26,27-23(28)30)22(29)18-11-9-8-10-12-18/h8-14,19-21H,7,15-17,26H2,1-6H3,(H,27,30)/t19-,20+,21+,25?/m0/s1. The maximum atomic E-state index is 13.1. The molecule has 2 aliphatic rings. The number of hydrogen-bond acceptors (Lipinski definition) is 8. The van der Waals surface area contributed by atoms with Crippen LogP contribution in [0.4, 0.5) is 4.79 Å². The summed E-state index contributed by atoms with van der Waals surface area (Å²) in [5.41, 5.74) is 5.09. The van der Waals surface area contributed by atoms with Crippen molar-refractivity contribution in [3.63, 3.8) is 0 Å². The Kier molecular flexibility index (Phi) is 9.75. The lowest BCUT2D eigenvalue weighted by Crippen LogP contribution is -2.65. The van der Waals surface area contributed by atoms with Gasteiger partial charge in [0.1, 0.15) is 18.3 Å². The Labute approximate surface area is 223 Å². The highest BCUT2D eigenvalue weighted by atomic mass is 33.1. The number of Topliss-reactive ketones (excluding diaryl/α,β-unsaturated/α-hetero) is 1. The fourth-order valence-electron chi connectivity index (χ4n) is 3.67. The van der Waals surface area contributed by atoms with Crippen LogP contribution in [-0.2, 0) is 13.9 Å². The van der Waals surface area contributed by atoms with Gasteiger partial charge in [0, 0.05) is 23.9 Å². The van der Waals surface area contributed by atoms with Crippen molar-refractivity contribution in [1.82, 2.24) is 10.2 Å². The van der Waals surface area contributed by atoms with Crippen molar-refractivity contribution in [2.24, 2.45) is 5.73 Å². The topological polar surface area (TPSA) is 103 Å². The van der Waals surface area contributed by atoms with E-state index in [1.807, 2.05) is 6.07 Å². The molecule has 2 heterocycles. The average molecular weight is 554 g/mol. The minimum Gasteiger partial charge on any atom is -0.414 e. The second kappa shape index (κ2) is 12.0. The molecular formula is C25H39N3O5S2Si. The molecule has 36 heavy (non-hydrogen) atoms. The number of nitrogens with two attached hydrogens (primary N) is 1. The van der Waals surface area contributed by atoms with E-state index in [0.29, 0.717) is 24.5 Å². The van der Waals surface area contributed by atoms with Crippen LogP contribution in [0.15, 0.2) is 42.6 Å². The van der Waals surface area contributed by atoms with Gasteiger partial charge in [-0.05, 0) is 24.2 Å². The zero-order valence-electron chi connectivity index (χ0n) is 22.0. The van der Waals surface area contributed by atoms with E-state index in [9.17, 15) is 9.59 Å². The molecule has 11 heteroatoms. The number of ether oxygens (including phenoxy) is 2. The predicted octanol–water partition coefficient (Wildman–Crippen LogP) is 4.94. The number of carbonyl (C=O) groups is 2. The molecule has 1 aromatic rings. The molecule has 3 rings (SSSR count). The smallest absolute Gasteiger partial charge is 0.325 e. The van der Waals surface area contributed by atoms with Gasteiger partial charge >= 0.3 is 6.03 Å². The quantitative estimate of drug-likeness (QED) is 0.131. The SMILES string of the molecule is CCSSCO[C@H]1C[C@H](N2C=CC(N)(C(=O)c3ccccc3)NC2=O)O[C@@H]1CO[Si](C)(C)C(C)(C)C. The van der Waals surface area contributed by atoms with E-state index < -0.39 is 26.2 Å². The molecule has 0 radical (unpaired) electrons. The molecule has 0 aliphatic carbocycles. The number of benzene rings is 1. The number of nitrogens with one attached hydrogen (secondary N) is 1. The maximum Gasteiger partial charge on any atom is 0.325 e. The van der Waals surface area contributed by atoms with Crippen LogP contribution in [0.25, 0.3) is 0 Å². The molecular weight excluding hydrogens is 515 g/mol. The number of amides is 2. The molecule has 2 amide bonds. The summed E-state index contributed by atoms with van der Waals surface area (Å²) in [5, 5.41) is 2.73. The summed E-state index contributed by atoms with van der Waals surface area (Å²) in [4.78, 5) is 27.5. The summed E-state index contributed by atoms with van der Waals surface area (Å²) in [6.07, 6.45) is 2.45. The molecule has 4 atom stereocenters. The first-order chi connectivity index (χ1) is 16.9. The van der Waals surface area contributed by atoms with Gasteiger partial charge in [0.15, 0.2) is 14.0 Å². The van der Waals surface area contributed by atoms with Crippen molar-refractivity contribution >= 4 is 41.7 Å². The Bertz CT molecular complexity index is 943. The molecule has 1 aromatic carbocycles. The Morgan fingerprint density at radius 1 is 1.28 bits per heavy atom. The number of rotatable bonds is 11. The molecule has 8 nitrogen and oxygen atoms in total. The van der Waals surface area contributed by atoms with Crippen molar-refractivity contribution in [3.05, 3.63) is 48.2 Å². The monoisotopic (exact) mass is 553 g/mol. The van der Waals surface area contributed by atoms with E-state index in [4.69, 9.17) is 19.6 Å². The molecule has 1 saturated heterocycles. The van der Waals surface area contributed by atoms with E-state index in [-0.39, 0.29) is 23.0 Å². The third-order valence-electron chi connectivity index (χ3n) is 6.89. The third-order valence-corrected chi connectivity index (χ3v) is 13.5. The fourth-order valence-corrected chi connectivity index (χ4v) is 6.02. The maximum absolute atomic E-state index is 13.1. The lowest BCUT2D eigenvalue weighted by molar-refractivity contribution is -0.0598. The summed E-state index contributed by atoms with van der Waals surface area (Å²) in [6, 6.07) is 8.19. The molecule has 3 N–H and O–H groups in total. The van der Waals surface area contributed by atoms with Crippen molar-refractivity contribution in [1.29, 1.82) is 0 Å². The average Bonchev–Trinajstić information content (AvgIpc) is 3.22. The van der Waals surface area contributed by atoms with Gasteiger partial charge in [-0.25, -0.2) is 4.79 Å². The molecule has 0 spiro atoms. The van der Waals surface area contributed by atoms with E-state index in [0.717, 1.165) is 5.75 Å². The Hall–Kier alpha value is -1.34. The van der Waals surface area contributed by atoms with Crippen LogP contribution in [-0.4, -0.2) is 67.4 Å². The van der Waals surface area contributed by atoms with Crippen LogP contribution in [0, 0.1) is 0 Å². The number of urea groups is 1. The third kappa shape index (κ3) is 6.94. The first-order valence-electron chi connectivity index (χ1n) is 12.2. The van der Waals surface area contributed by atoms with Crippen molar-refractivity contribution in [2.45, 2.75) is 76.3 Å². The summed E-state index contributed by atoms with van der Waals surface area (Å²) in [6.45, 7) is 13.5. The first kappa shape index (κ1) is 29.2. The van der Waals surface area contributed by atoms with Gasteiger partial charge in [-0.2, -0.15) is 0 Å². The highest BCUT2D eigenvalue weighted by Gasteiger charge is 2.46. The summed E-state index contributed by atoms with van der Waals surface area (Å²) in [5.74, 6) is 1.14. The number of ketones is 1. The Balaban J connectivity index is 1.71. The lowest BCUT2D eigenvalue weighted by Gasteiger charge is -2.37. The predicted molar refractivity (Wildman–Crippen MR) is 149 cm³/mol. The number of carbonyl (C=O) groups excluding carboxylic acids is 2. The second-order valence-corrected chi connectivity index (χ2v) is 18.0. The van der Waals surface area contributed by atoms with Crippen molar-refractivity contribution in [2.75, 3.05) is 18.3 Å². The van der Waals surface area contributed by atoms with Crippen molar-refractivity contribution in [3.8, 4) is 0 Å². The molecule has 200 valence electrons. The summed E-state index contributed by atoms with van der Waals surface area (Å²) < 4.78 is 18.9. The van der Waals surface area contributed by atoms with Gasteiger partial charge in [0.25, 0.3) is 0 Å². The molecule has 1 unspecified atom stereocenters. The highest BCUT2D eigenvalue weighted by Crippen LogP contribution is 2.38. The van der Waals surface area contributed by atoms with Gasteiger partial charge in [0.2, 0.25) is 5.78 Å². The van der Waals surface area contributed by atoms with E-state index in [1.54, 1.807) is 52.1 Å². The van der Waals surface area contributed by atoms with Gasteiger partial charge in [-0.15, -0.1) is 0 Å². The Morgan fingerprint density at radius 3 is 2.58 bits per heavy atom. The summed E-state index contributed by atoms with van der Waals surface area (Å²) in [7, 11) is 1.40. The second-order valence-electron chi connectivity index (χ2n) is 10.5. The van der Waals surface area contributed by atoms with E-state index in [1.165, 1.54) is 11.0 Å². The summed E-state index contributed by atoms with van der Waals surface area (Å²) >= 11 is 0. The van der Waals surface area contributed by atoms with Crippen LogP contribution in [0.2, 0.25) is 18.1 Å². The normalized spacial score (nSPS) is 26.8. The minimum atomic E-state index is -1.99. The lowest BCUT2D eigenvalue weighted by atomic mass is 9.97. The van der Waals surface area contributed by atoms with Crippen molar-refractivity contribution < 1.29 is 23.5 Å². The van der Waals surface area contributed by atoms with Crippen LogP contribution >= 0.6 is 21.6 Å². The van der Waals surface area contributed by atoms with Gasteiger partial charge < -0.3 is 19.2 Å². The van der Waals surface area contributed by atoms with E-state index >= 15 is 0 Å². The zero-order chi connectivity index (χ0) is 26.6. The largest absolute Gasteiger partial charge is 0.414 e. The minimum absolute atomic E-state index is 0.0697. The van der Waals surface area contributed by atoms with Crippen LogP contribution < -0.4 is 11.1 Å². The fraction of sp³-hybridized carbons (Fsp3) is 0.600. The molecule has 1 fully saturated rings. The van der Waals surface area contributed by atoms with Gasteiger partial charge in [-0.3, -0.25) is 15.4 Å². The number of nitrogens with zero attached hydrogens (tertiary/aromatic N) is 1. The van der Waals surface area contributed by atoms with Crippen LogP contribution in [0.1, 0.15) is 44.5 Å². The first-order valence-corrected chi connectivity index (χ1v) is 17.6. The van der Waals surface area contributed by atoms with Gasteiger partial charge in [0.05, 0.1) is 12.7 Å². The van der Waals surface area contributed by atoms with Gasteiger partial charge in [-0.1, -0.05) is 79.6 Å². The van der Waals surface area contributed by atoms with E-state index in [2.05, 4.69) is 46.1 Å². The molecule has 0 saturated carbocycles. The van der Waals surface area contributed by atoms with Crippen LogP contribution in [0.3, 0.4) is 0 Å². The highest BCUT2D eigenvalue weighted by molar-refractivity contribution is 8.76. The molecule has 0 aromatic heterocycles.